The second-order valence-corrected chi connectivity index (χ2v) is 6.93. The molecule has 0 bridgehead atoms. The van der Waals surface area contributed by atoms with E-state index in [0.717, 1.165) is 12.3 Å². The largest absolute Gasteiger partial charge is 0.573 e. The summed E-state index contributed by atoms with van der Waals surface area (Å²) in [7, 11) is -2.38. The monoisotopic (exact) mass is 435 g/mol. The van der Waals surface area contributed by atoms with Crippen molar-refractivity contribution in [3.05, 3.63) is 41.8 Å². The molecular weight excluding hydrogens is 422 g/mol. The van der Waals surface area contributed by atoms with E-state index in [2.05, 4.69) is 19.8 Å². The number of aliphatic hydroxyl groups excluding tert-OH is 1. The van der Waals surface area contributed by atoms with Crippen molar-refractivity contribution in [3.63, 3.8) is 0 Å². The highest BCUT2D eigenvalue weighted by atomic mass is 32.2. The average molecular weight is 435 g/mol. The van der Waals surface area contributed by atoms with Gasteiger partial charge in [0.15, 0.2) is 11.0 Å². The second-order valence-electron chi connectivity index (χ2n) is 5.75. The molecule has 13 heteroatoms. The molecule has 2 aromatic rings. The van der Waals surface area contributed by atoms with Gasteiger partial charge in [0.05, 0.1) is 24.5 Å². The summed E-state index contributed by atoms with van der Waals surface area (Å²) in [6.45, 7) is -0.390. The minimum Gasteiger partial charge on any atom is -0.475 e. The summed E-state index contributed by atoms with van der Waals surface area (Å²) in [6.07, 6.45) is -3.94. The molecule has 1 unspecified atom stereocenters. The third kappa shape index (κ3) is 5.12. The number of amides is 1. The van der Waals surface area contributed by atoms with Crippen LogP contribution < -0.4 is 19.5 Å². The van der Waals surface area contributed by atoms with Crippen LogP contribution in [0.25, 0.3) is 0 Å². The van der Waals surface area contributed by atoms with E-state index in [1.54, 1.807) is 0 Å². The fourth-order valence-electron chi connectivity index (χ4n) is 2.37. The Hall–Kier alpha value is -2.93. The number of fused-ring (bicyclic) bond motifs is 1. The Labute approximate surface area is 163 Å². The lowest BCUT2D eigenvalue weighted by Gasteiger charge is -2.14. The second kappa shape index (κ2) is 8.21. The Morgan fingerprint density at radius 1 is 1.38 bits per heavy atom. The van der Waals surface area contributed by atoms with Gasteiger partial charge in [0.25, 0.3) is 5.91 Å². The highest BCUT2D eigenvalue weighted by Crippen LogP contribution is 2.30. The number of hydrogen-bond acceptors (Lipinski definition) is 6. The van der Waals surface area contributed by atoms with E-state index in [0.29, 0.717) is 12.1 Å². The zero-order valence-electron chi connectivity index (χ0n) is 14.3. The number of halogens is 4. The summed E-state index contributed by atoms with van der Waals surface area (Å²) < 4.78 is 74.9. The summed E-state index contributed by atoms with van der Waals surface area (Å²) in [5.41, 5.74) is -0.0561. The van der Waals surface area contributed by atoms with Gasteiger partial charge in [-0.15, -0.1) is 13.2 Å². The van der Waals surface area contributed by atoms with Crippen LogP contribution in [0.1, 0.15) is 10.4 Å². The summed E-state index contributed by atoms with van der Waals surface area (Å²) in [4.78, 5) is 15.5. The van der Waals surface area contributed by atoms with Gasteiger partial charge >= 0.3 is 6.36 Å². The van der Waals surface area contributed by atoms with Crippen LogP contribution in [0.4, 0.5) is 23.2 Å². The van der Waals surface area contributed by atoms with Gasteiger partial charge in [-0.2, -0.15) is 0 Å². The van der Waals surface area contributed by atoms with Crippen LogP contribution in [0.3, 0.4) is 0 Å². The lowest BCUT2D eigenvalue weighted by atomic mass is 10.2. The lowest BCUT2D eigenvalue weighted by Crippen LogP contribution is -2.39. The molecule has 1 aliphatic rings. The van der Waals surface area contributed by atoms with E-state index >= 15 is 0 Å². The Morgan fingerprint density at radius 2 is 2.14 bits per heavy atom. The molecule has 156 valence electrons. The Balaban J connectivity index is 1.86. The van der Waals surface area contributed by atoms with Gasteiger partial charge in [-0.1, -0.05) is 0 Å². The third-order valence-corrected chi connectivity index (χ3v) is 4.75. The van der Waals surface area contributed by atoms with E-state index < -0.39 is 45.8 Å². The van der Waals surface area contributed by atoms with Gasteiger partial charge < -0.3 is 19.9 Å². The van der Waals surface area contributed by atoms with Gasteiger partial charge in [0, 0.05) is 0 Å². The number of hydrogen-bond donors (Lipinski definition) is 3. The van der Waals surface area contributed by atoms with Gasteiger partial charge in [-0.3, -0.25) is 9.52 Å². The van der Waals surface area contributed by atoms with Crippen LogP contribution in [0, 0.1) is 5.82 Å². The molecule has 0 spiro atoms. The number of carbonyl (C=O) groups excluding carboxylic acids is 1. The molecular formula is C16H13F4N3O5S. The molecule has 1 amide bonds. The summed E-state index contributed by atoms with van der Waals surface area (Å²) in [6, 6.07) is 2.60. The minimum absolute atomic E-state index is 0.00879. The maximum Gasteiger partial charge on any atom is 0.573 e. The molecule has 0 fully saturated rings. The van der Waals surface area contributed by atoms with Crippen molar-refractivity contribution in [3.8, 4) is 11.6 Å². The fraction of sp³-hybridized carbons (Fsp3) is 0.250. The first kappa shape index (κ1) is 20.8. The lowest BCUT2D eigenvalue weighted by molar-refractivity contribution is -0.275. The molecule has 3 N–H and O–H groups in total. The van der Waals surface area contributed by atoms with Crippen LogP contribution >= 0.6 is 0 Å². The first-order valence-corrected chi connectivity index (χ1v) is 9.09. The number of carbonyl (C=O) groups is 1. The molecule has 1 aliphatic heterocycles. The van der Waals surface area contributed by atoms with Crippen molar-refractivity contribution in [2.45, 2.75) is 17.3 Å². The molecule has 2 heterocycles. The van der Waals surface area contributed by atoms with E-state index in [1.165, 1.54) is 6.07 Å². The standard InChI is InChI=1S/C16H13F4N3O5S/c17-8-1-2-12(28-16(18,19)20)13(3-8)29(26)23-9-4-11-14(25)22-10(6-24)7-27-15(11)21-5-9/h1-5,10,23-24H,6-7H2,(H,22,25)/t10-,29?/m0/s1. The number of anilines is 1. The number of pyridine rings is 1. The summed E-state index contributed by atoms with van der Waals surface area (Å²) >= 11 is 0. The van der Waals surface area contributed by atoms with Crippen molar-refractivity contribution in [2.75, 3.05) is 17.9 Å². The predicted molar refractivity (Wildman–Crippen MR) is 91.2 cm³/mol. The molecule has 29 heavy (non-hydrogen) atoms. The number of rotatable bonds is 5. The molecule has 0 radical (unpaired) electrons. The van der Waals surface area contributed by atoms with E-state index in [-0.39, 0.29) is 30.3 Å². The van der Waals surface area contributed by atoms with Gasteiger partial charge in [0.1, 0.15) is 28.6 Å². The number of ether oxygens (including phenoxy) is 2. The van der Waals surface area contributed by atoms with E-state index in [4.69, 9.17) is 9.84 Å². The SMILES string of the molecule is O=C1N[C@@H](CO)COc2ncc(NS(=O)c3cc(F)ccc3OC(F)(F)F)cc21. The number of alkyl halides is 3. The molecule has 1 aromatic heterocycles. The Kier molecular flexibility index (Phi) is 5.88. The Bertz CT molecular complexity index is 957. The Morgan fingerprint density at radius 3 is 2.83 bits per heavy atom. The summed E-state index contributed by atoms with van der Waals surface area (Å²) in [5, 5.41) is 11.6. The van der Waals surface area contributed by atoms with Crippen molar-refractivity contribution < 1.29 is 41.1 Å². The van der Waals surface area contributed by atoms with Crippen molar-refractivity contribution >= 4 is 22.6 Å². The molecule has 1 aromatic carbocycles. The van der Waals surface area contributed by atoms with E-state index in [1.807, 2.05) is 0 Å². The maximum absolute atomic E-state index is 13.5. The average Bonchev–Trinajstić information content (AvgIpc) is 2.81. The van der Waals surface area contributed by atoms with Crippen LogP contribution in [-0.2, 0) is 11.0 Å². The quantitative estimate of drug-likeness (QED) is 0.618. The van der Waals surface area contributed by atoms with Gasteiger partial charge in [-0.25, -0.2) is 13.6 Å². The van der Waals surface area contributed by atoms with Gasteiger partial charge in [-0.05, 0) is 24.3 Å². The van der Waals surface area contributed by atoms with Crippen molar-refractivity contribution in [1.82, 2.24) is 10.3 Å². The maximum atomic E-state index is 13.5. The minimum atomic E-state index is -5.07. The van der Waals surface area contributed by atoms with Crippen LogP contribution in [0.5, 0.6) is 11.6 Å². The number of nitrogens with zero attached hydrogens (tertiary/aromatic N) is 1. The normalized spacial score (nSPS) is 17.4. The highest BCUT2D eigenvalue weighted by molar-refractivity contribution is 7.86. The first-order chi connectivity index (χ1) is 13.7. The van der Waals surface area contributed by atoms with Crippen LogP contribution in [0.15, 0.2) is 35.4 Å². The fourth-order valence-corrected chi connectivity index (χ4v) is 3.31. The number of nitrogens with one attached hydrogen (secondary N) is 2. The number of aromatic nitrogens is 1. The van der Waals surface area contributed by atoms with Crippen LogP contribution in [-0.4, -0.2) is 45.8 Å². The molecule has 0 saturated carbocycles. The van der Waals surface area contributed by atoms with Crippen molar-refractivity contribution in [1.29, 1.82) is 0 Å². The predicted octanol–water partition coefficient (Wildman–Crippen LogP) is 1.74. The number of benzene rings is 1. The van der Waals surface area contributed by atoms with Crippen LogP contribution in [0.2, 0.25) is 0 Å². The van der Waals surface area contributed by atoms with Gasteiger partial charge in [0.2, 0.25) is 5.88 Å². The number of aliphatic hydroxyl groups is 1. The highest BCUT2D eigenvalue weighted by Gasteiger charge is 2.33. The van der Waals surface area contributed by atoms with Crippen molar-refractivity contribution in [2.24, 2.45) is 0 Å². The van der Waals surface area contributed by atoms with E-state index in [9.17, 15) is 26.6 Å². The molecule has 8 nitrogen and oxygen atoms in total. The smallest absolute Gasteiger partial charge is 0.475 e. The summed E-state index contributed by atoms with van der Waals surface area (Å²) in [5.74, 6) is -2.43. The molecule has 0 saturated heterocycles. The third-order valence-electron chi connectivity index (χ3n) is 3.61. The zero-order chi connectivity index (χ0) is 21.2. The molecule has 2 atom stereocenters. The molecule has 0 aliphatic carbocycles. The zero-order valence-corrected chi connectivity index (χ0v) is 15.1. The topological polar surface area (TPSA) is 110 Å². The first-order valence-electron chi connectivity index (χ1n) is 7.94. The molecule has 3 rings (SSSR count).